The molecule has 2 aromatic carbocycles. The van der Waals surface area contributed by atoms with E-state index in [0.717, 1.165) is 43.2 Å². The van der Waals surface area contributed by atoms with Crippen molar-refractivity contribution in [3.63, 3.8) is 0 Å². The van der Waals surface area contributed by atoms with Crippen LogP contribution in [0.5, 0.6) is 11.5 Å². The molecule has 1 saturated heterocycles. The monoisotopic (exact) mass is 382 g/mol. The first-order valence-electron chi connectivity index (χ1n) is 9.86. The van der Waals surface area contributed by atoms with E-state index in [4.69, 9.17) is 9.47 Å². The molecule has 0 spiro atoms. The molecule has 1 unspecified atom stereocenters. The third-order valence-electron chi connectivity index (χ3n) is 5.32. The number of methoxy groups -OCH3 is 2. The Bertz CT molecular complexity index is 756. The fourth-order valence-electron chi connectivity index (χ4n) is 3.79. The number of aryl methyl sites for hydroxylation is 1. The van der Waals surface area contributed by atoms with Gasteiger partial charge in [-0.3, -0.25) is 9.69 Å². The van der Waals surface area contributed by atoms with Crippen LogP contribution in [-0.4, -0.2) is 55.6 Å². The normalized spacial score (nSPS) is 17.4. The molecule has 0 N–H and O–H groups in total. The van der Waals surface area contributed by atoms with Gasteiger partial charge in [-0.25, -0.2) is 0 Å². The van der Waals surface area contributed by atoms with Gasteiger partial charge in [0.05, 0.1) is 14.2 Å². The summed E-state index contributed by atoms with van der Waals surface area (Å²) in [5.41, 5.74) is 2.38. The van der Waals surface area contributed by atoms with E-state index >= 15 is 0 Å². The molecule has 0 aliphatic carbocycles. The molecule has 1 aliphatic rings. The lowest BCUT2D eigenvalue weighted by molar-refractivity contribution is -0.135. The maximum absolute atomic E-state index is 12.8. The molecule has 0 aromatic heterocycles. The van der Waals surface area contributed by atoms with Crippen LogP contribution in [0.2, 0.25) is 0 Å². The molecule has 1 fully saturated rings. The average Bonchev–Trinajstić information content (AvgIpc) is 2.72. The van der Waals surface area contributed by atoms with Gasteiger partial charge in [-0.2, -0.15) is 0 Å². The zero-order valence-corrected chi connectivity index (χ0v) is 17.1. The number of amides is 1. The smallest absolute Gasteiger partial charge is 0.223 e. The molecule has 28 heavy (non-hydrogen) atoms. The molecular formula is C23H30N2O3. The predicted molar refractivity (Wildman–Crippen MR) is 111 cm³/mol. The van der Waals surface area contributed by atoms with Crippen molar-refractivity contribution >= 4 is 5.91 Å². The number of carbonyl (C=O) groups is 1. The van der Waals surface area contributed by atoms with Gasteiger partial charge >= 0.3 is 0 Å². The highest BCUT2D eigenvalue weighted by atomic mass is 16.5. The molecule has 2 aromatic rings. The summed E-state index contributed by atoms with van der Waals surface area (Å²) in [5.74, 6) is 1.73. The number of hydrogen-bond donors (Lipinski definition) is 0. The number of carbonyl (C=O) groups excluding carboxylic acids is 1. The van der Waals surface area contributed by atoms with Crippen molar-refractivity contribution in [1.29, 1.82) is 0 Å². The van der Waals surface area contributed by atoms with Gasteiger partial charge in [-0.15, -0.1) is 0 Å². The van der Waals surface area contributed by atoms with E-state index in [2.05, 4.69) is 36.1 Å². The topological polar surface area (TPSA) is 42.0 Å². The Labute approximate surface area is 167 Å². The molecule has 1 atom stereocenters. The Morgan fingerprint density at radius 3 is 2.29 bits per heavy atom. The second-order valence-electron chi connectivity index (χ2n) is 7.38. The van der Waals surface area contributed by atoms with Crippen LogP contribution in [-0.2, 0) is 17.8 Å². The molecule has 5 nitrogen and oxygen atoms in total. The van der Waals surface area contributed by atoms with Crippen LogP contribution in [0.1, 0.15) is 24.5 Å². The first kappa shape index (κ1) is 20.2. The van der Waals surface area contributed by atoms with Gasteiger partial charge in [0, 0.05) is 44.7 Å². The number of hydrogen-bond acceptors (Lipinski definition) is 4. The van der Waals surface area contributed by atoms with E-state index in [1.165, 1.54) is 5.56 Å². The summed E-state index contributed by atoms with van der Waals surface area (Å²) >= 11 is 0. The number of ether oxygens (including phenoxy) is 2. The zero-order chi connectivity index (χ0) is 19.9. The largest absolute Gasteiger partial charge is 0.497 e. The number of rotatable bonds is 7. The lowest BCUT2D eigenvalue weighted by Gasteiger charge is -2.40. The minimum atomic E-state index is 0.216. The lowest BCUT2D eigenvalue weighted by atomic mass is 10.1. The molecule has 3 rings (SSSR count). The SMILES string of the molecule is COc1cc(CCC(=O)N2CCN(Cc3ccccc3)CC2C)cc(OC)c1. The standard InChI is InChI=1S/C23H30N2O3/c1-18-16-24(17-19-7-5-4-6-8-19)11-12-25(18)23(26)10-9-20-13-21(27-2)15-22(14-20)28-3/h4-8,13-15,18H,9-12,16-17H2,1-3H3. The Morgan fingerprint density at radius 1 is 1.00 bits per heavy atom. The maximum Gasteiger partial charge on any atom is 0.223 e. The minimum absolute atomic E-state index is 0.216. The fraction of sp³-hybridized carbons (Fsp3) is 0.435. The third kappa shape index (κ3) is 5.26. The van der Waals surface area contributed by atoms with Crippen LogP contribution < -0.4 is 9.47 Å². The molecular weight excluding hydrogens is 352 g/mol. The molecule has 5 heteroatoms. The molecule has 150 valence electrons. The predicted octanol–water partition coefficient (Wildman–Crippen LogP) is 3.37. The Hall–Kier alpha value is -2.53. The van der Waals surface area contributed by atoms with Crippen molar-refractivity contribution in [2.75, 3.05) is 33.9 Å². The van der Waals surface area contributed by atoms with E-state index in [0.29, 0.717) is 12.8 Å². The van der Waals surface area contributed by atoms with Gasteiger partial charge in [-0.05, 0) is 36.6 Å². The van der Waals surface area contributed by atoms with E-state index in [1.807, 2.05) is 29.2 Å². The van der Waals surface area contributed by atoms with E-state index in [9.17, 15) is 4.79 Å². The molecule has 1 heterocycles. The quantitative estimate of drug-likeness (QED) is 0.736. The van der Waals surface area contributed by atoms with E-state index < -0.39 is 0 Å². The highest BCUT2D eigenvalue weighted by Gasteiger charge is 2.27. The van der Waals surface area contributed by atoms with Crippen LogP contribution in [0.3, 0.4) is 0 Å². The maximum atomic E-state index is 12.8. The first-order chi connectivity index (χ1) is 13.6. The highest BCUT2D eigenvalue weighted by molar-refractivity contribution is 5.77. The molecule has 0 radical (unpaired) electrons. The van der Waals surface area contributed by atoms with Gasteiger partial charge in [-0.1, -0.05) is 30.3 Å². The second-order valence-corrected chi connectivity index (χ2v) is 7.38. The average molecular weight is 383 g/mol. The number of nitrogens with zero attached hydrogens (tertiary/aromatic N) is 2. The molecule has 1 amide bonds. The van der Waals surface area contributed by atoms with Crippen LogP contribution in [0.4, 0.5) is 0 Å². The van der Waals surface area contributed by atoms with Gasteiger partial charge < -0.3 is 14.4 Å². The summed E-state index contributed by atoms with van der Waals surface area (Å²) in [4.78, 5) is 17.3. The summed E-state index contributed by atoms with van der Waals surface area (Å²) in [6.07, 6.45) is 1.18. The van der Waals surface area contributed by atoms with Crippen molar-refractivity contribution in [1.82, 2.24) is 9.80 Å². The van der Waals surface area contributed by atoms with Crippen LogP contribution >= 0.6 is 0 Å². The molecule has 0 saturated carbocycles. The summed E-state index contributed by atoms with van der Waals surface area (Å²) in [7, 11) is 3.28. The first-order valence-corrected chi connectivity index (χ1v) is 9.86. The van der Waals surface area contributed by atoms with Crippen LogP contribution in [0, 0.1) is 0 Å². The van der Waals surface area contributed by atoms with Crippen molar-refractivity contribution in [2.24, 2.45) is 0 Å². The van der Waals surface area contributed by atoms with Crippen molar-refractivity contribution < 1.29 is 14.3 Å². The fourth-order valence-corrected chi connectivity index (χ4v) is 3.79. The number of benzene rings is 2. The van der Waals surface area contributed by atoms with Crippen molar-refractivity contribution in [3.8, 4) is 11.5 Å². The Morgan fingerprint density at radius 2 is 1.68 bits per heavy atom. The highest BCUT2D eigenvalue weighted by Crippen LogP contribution is 2.24. The van der Waals surface area contributed by atoms with Crippen LogP contribution in [0.15, 0.2) is 48.5 Å². The Kier molecular flexibility index (Phi) is 6.93. The second kappa shape index (κ2) is 9.60. The summed E-state index contributed by atoms with van der Waals surface area (Å²) in [6.45, 7) is 5.69. The zero-order valence-electron chi connectivity index (χ0n) is 17.1. The van der Waals surface area contributed by atoms with Gasteiger partial charge in [0.2, 0.25) is 5.91 Å². The Balaban J connectivity index is 1.53. The minimum Gasteiger partial charge on any atom is -0.497 e. The van der Waals surface area contributed by atoms with Gasteiger partial charge in [0.1, 0.15) is 11.5 Å². The number of piperazine rings is 1. The molecule has 1 aliphatic heterocycles. The van der Waals surface area contributed by atoms with Gasteiger partial charge in [0.15, 0.2) is 0 Å². The molecule has 0 bridgehead atoms. The summed E-state index contributed by atoms with van der Waals surface area (Å²) in [6, 6.07) is 16.5. The van der Waals surface area contributed by atoms with Crippen LogP contribution in [0.25, 0.3) is 0 Å². The van der Waals surface area contributed by atoms with Crippen molar-refractivity contribution in [2.45, 2.75) is 32.4 Å². The van der Waals surface area contributed by atoms with Gasteiger partial charge in [0.25, 0.3) is 0 Å². The van der Waals surface area contributed by atoms with Crippen molar-refractivity contribution in [3.05, 3.63) is 59.7 Å². The third-order valence-corrected chi connectivity index (χ3v) is 5.32. The van der Waals surface area contributed by atoms with E-state index in [-0.39, 0.29) is 11.9 Å². The lowest BCUT2D eigenvalue weighted by Crippen LogP contribution is -2.53. The summed E-state index contributed by atoms with van der Waals surface area (Å²) in [5, 5.41) is 0. The summed E-state index contributed by atoms with van der Waals surface area (Å²) < 4.78 is 10.6. The van der Waals surface area contributed by atoms with E-state index in [1.54, 1.807) is 14.2 Å².